The van der Waals surface area contributed by atoms with Gasteiger partial charge in [0.15, 0.2) is 11.5 Å². The van der Waals surface area contributed by atoms with Gasteiger partial charge in [0.2, 0.25) is 0 Å². The van der Waals surface area contributed by atoms with Crippen LogP contribution >= 0.6 is 0 Å². The van der Waals surface area contributed by atoms with E-state index in [4.69, 9.17) is 9.47 Å². The SMILES string of the molecule is COc1cc(=O)[nH]c(-c2ccccc2)c1OC. The number of benzene rings is 1. The molecule has 2 rings (SSSR count). The Labute approximate surface area is 98.8 Å². The summed E-state index contributed by atoms with van der Waals surface area (Å²) >= 11 is 0. The summed E-state index contributed by atoms with van der Waals surface area (Å²) in [5.74, 6) is 0.952. The van der Waals surface area contributed by atoms with Crippen molar-refractivity contribution in [3.63, 3.8) is 0 Å². The van der Waals surface area contributed by atoms with Gasteiger partial charge in [0.25, 0.3) is 5.56 Å². The van der Waals surface area contributed by atoms with Crippen molar-refractivity contribution < 1.29 is 9.47 Å². The van der Waals surface area contributed by atoms with E-state index in [9.17, 15) is 4.79 Å². The molecule has 0 spiro atoms. The Hall–Kier alpha value is -2.23. The molecule has 4 heteroatoms. The molecular weight excluding hydrogens is 218 g/mol. The van der Waals surface area contributed by atoms with E-state index < -0.39 is 0 Å². The fourth-order valence-corrected chi connectivity index (χ4v) is 1.69. The van der Waals surface area contributed by atoms with E-state index in [2.05, 4.69) is 4.98 Å². The van der Waals surface area contributed by atoms with Crippen molar-refractivity contribution in [2.45, 2.75) is 0 Å². The second-order valence-corrected chi connectivity index (χ2v) is 3.48. The Morgan fingerprint density at radius 2 is 1.76 bits per heavy atom. The van der Waals surface area contributed by atoms with Crippen LogP contribution in [0.4, 0.5) is 0 Å². The molecule has 0 unspecified atom stereocenters. The lowest BCUT2D eigenvalue weighted by molar-refractivity contribution is 0.354. The van der Waals surface area contributed by atoms with Gasteiger partial charge in [-0.15, -0.1) is 0 Å². The minimum Gasteiger partial charge on any atom is -0.493 e. The lowest BCUT2D eigenvalue weighted by atomic mass is 10.1. The van der Waals surface area contributed by atoms with Crippen molar-refractivity contribution >= 4 is 0 Å². The summed E-state index contributed by atoms with van der Waals surface area (Å²) in [6.07, 6.45) is 0. The smallest absolute Gasteiger partial charge is 0.252 e. The molecule has 0 fully saturated rings. The molecule has 0 bridgehead atoms. The first kappa shape index (κ1) is 11.3. The molecule has 1 aromatic carbocycles. The number of ether oxygens (including phenoxy) is 2. The van der Waals surface area contributed by atoms with Crippen LogP contribution in [-0.2, 0) is 0 Å². The van der Waals surface area contributed by atoms with Gasteiger partial charge in [-0.05, 0) is 0 Å². The number of rotatable bonds is 3. The fraction of sp³-hybridized carbons (Fsp3) is 0.154. The largest absolute Gasteiger partial charge is 0.493 e. The van der Waals surface area contributed by atoms with Gasteiger partial charge in [-0.25, -0.2) is 0 Å². The van der Waals surface area contributed by atoms with Gasteiger partial charge < -0.3 is 14.5 Å². The maximum Gasteiger partial charge on any atom is 0.252 e. The first-order valence-corrected chi connectivity index (χ1v) is 5.17. The maximum absolute atomic E-state index is 11.5. The van der Waals surface area contributed by atoms with Crippen LogP contribution < -0.4 is 15.0 Å². The predicted octanol–water partition coefficient (Wildman–Crippen LogP) is 2.06. The summed E-state index contributed by atoms with van der Waals surface area (Å²) in [5, 5.41) is 0. The number of aromatic nitrogens is 1. The summed E-state index contributed by atoms with van der Waals surface area (Å²) in [6.45, 7) is 0. The molecule has 1 aromatic heterocycles. The predicted molar refractivity (Wildman–Crippen MR) is 65.6 cm³/mol. The monoisotopic (exact) mass is 231 g/mol. The van der Waals surface area contributed by atoms with E-state index in [1.165, 1.54) is 13.2 Å². The van der Waals surface area contributed by atoms with Crippen LogP contribution in [0.25, 0.3) is 11.3 Å². The highest BCUT2D eigenvalue weighted by atomic mass is 16.5. The summed E-state index contributed by atoms with van der Waals surface area (Å²) in [4.78, 5) is 14.3. The highest BCUT2D eigenvalue weighted by molar-refractivity contribution is 5.69. The van der Waals surface area contributed by atoms with Crippen LogP contribution in [0.3, 0.4) is 0 Å². The summed E-state index contributed by atoms with van der Waals surface area (Å²) in [7, 11) is 3.05. The van der Waals surface area contributed by atoms with Crippen molar-refractivity contribution in [1.82, 2.24) is 4.98 Å². The maximum atomic E-state index is 11.5. The second kappa shape index (κ2) is 4.74. The van der Waals surface area contributed by atoms with E-state index in [1.54, 1.807) is 7.11 Å². The molecule has 0 aliphatic carbocycles. The Morgan fingerprint density at radius 1 is 1.06 bits per heavy atom. The van der Waals surface area contributed by atoms with E-state index in [-0.39, 0.29) is 5.56 Å². The molecule has 0 aliphatic heterocycles. The zero-order valence-corrected chi connectivity index (χ0v) is 9.69. The van der Waals surface area contributed by atoms with Crippen LogP contribution in [0.5, 0.6) is 11.5 Å². The van der Waals surface area contributed by atoms with Crippen molar-refractivity contribution in [3.05, 3.63) is 46.8 Å². The Morgan fingerprint density at radius 3 is 2.35 bits per heavy atom. The molecule has 17 heavy (non-hydrogen) atoms. The normalized spacial score (nSPS) is 10.0. The van der Waals surface area contributed by atoms with Crippen LogP contribution in [0.1, 0.15) is 0 Å². The molecule has 1 N–H and O–H groups in total. The van der Waals surface area contributed by atoms with Crippen molar-refractivity contribution in [2.75, 3.05) is 14.2 Å². The minimum absolute atomic E-state index is 0.221. The van der Waals surface area contributed by atoms with Gasteiger partial charge in [0, 0.05) is 11.6 Å². The number of nitrogens with one attached hydrogen (secondary N) is 1. The molecule has 0 aliphatic rings. The Balaban J connectivity index is 2.68. The van der Waals surface area contributed by atoms with Gasteiger partial charge in [-0.3, -0.25) is 4.79 Å². The van der Waals surface area contributed by atoms with E-state index in [1.807, 2.05) is 30.3 Å². The third kappa shape index (κ3) is 2.15. The first-order valence-electron chi connectivity index (χ1n) is 5.17. The van der Waals surface area contributed by atoms with Gasteiger partial charge >= 0.3 is 0 Å². The van der Waals surface area contributed by atoms with Gasteiger partial charge in [0.1, 0.15) is 0 Å². The molecule has 4 nitrogen and oxygen atoms in total. The number of hydrogen-bond acceptors (Lipinski definition) is 3. The molecule has 2 aromatic rings. The highest BCUT2D eigenvalue weighted by Crippen LogP contribution is 2.34. The number of H-pyrrole nitrogens is 1. The average molecular weight is 231 g/mol. The first-order chi connectivity index (χ1) is 8.26. The van der Waals surface area contributed by atoms with E-state index in [0.29, 0.717) is 17.2 Å². The Bertz CT molecular complexity index is 561. The van der Waals surface area contributed by atoms with Crippen LogP contribution in [0.2, 0.25) is 0 Å². The third-order valence-corrected chi connectivity index (χ3v) is 2.45. The van der Waals surface area contributed by atoms with Crippen molar-refractivity contribution in [1.29, 1.82) is 0 Å². The van der Waals surface area contributed by atoms with Gasteiger partial charge in [-0.2, -0.15) is 0 Å². The molecule has 0 saturated heterocycles. The van der Waals surface area contributed by atoms with Crippen LogP contribution in [0, 0.1) is 0 Å². The van der Waals surface area contributed by atoms with E-state index in [0.717, 1.165) is 5.56 Å². The van der Waals surface area contributed by atoms with E-state index >= 15 is 0 Å². The molecule has 0 atom stereocenters. The number of methoxy groups -OCH3 is 2. The lowest BCUT2D eigenvalue weighted by Crippen LogP contribution is -2.08. The number of pyridine rings is 1. The number of aromatic amines is 1. The topological polar surface area (TPSA) is 51.3 Å². The summed E-state index contributed by atoms with van der Waals surface area (Å²) in [6, 6.07) is 10.9. The van der Waals surface area contributed by atoms with Crippen molar-refractivity contribution in [3.8, 4) is 22.8 Å². The zero-order chi connectivity index (χ0) is 12.3. The molecule has 88 valence electrons. The standard InChI is InChI=1S/C13H13NO3/c1-16-10-8-11(15)14-12(13(10)17-2)9-6-4-3-5-7-9/h3-8H,1-2H3,(H,14,15). The third-order valence-electron chi connectivity index (χ3n) is 2.45. The van der Waals surface area contributed by atoms with Crippen molar-refractivity contribution in [2.24, 2.45) is 0 Å². The fourth-order valence-electron chi connectivity index (χ4n) is 1.69. The molecule has 0 radical (unpaired) electrons. The molecular formula is C13H13NO3. The quantitative estimate of drug-likeness (QED) is 0.879. The number of hydrogen-bond donors (Lipinski definition) is 1. The van der Waals surface area contributed by atoms with Gasteiger partial charge in [-0.1, -0.05) is 30.3 Å². The zero-order valence-electron chi connectivity index (χ0n) is 9.69. The molecule has 0 saturated carbocycles. The van der Waals surface area contributed by atoms with Crippen LogP contribution in [0.15, 0.2) is 41.2 Å². The van der Waals surface area contributed by atoms with Gasteiger partial charge in [0.05, 0.1) is 19.9 Å². The highest BCUT2D eigenvalue weighted by Gasteiger charge is 2.13. The second-order valence-electron chi connectivity index (χ2n) is 3.48. The molecule has 1 heterocycles. The summed E-state index contributed by atoms with van der Waals surface area (Å²) in [5.41, 5.74) is 1.28. The average Bonchev–Trinajstić information content (AvgIpc) is 2.38. The summed E-state index contributed by atoms with van der Waals surface area (Å²) < 4.78 is 10.4. The minimum atomic E-state index is -0.221. The molecule has 0 amide bonds. The lowest BCUT2D eigenvalue weighted by Gasteiger charge is -2.11. The Kier molecular flexibility index (Phi) is 3.14. The van der Waals surface area contributed by atoms with Crippen LogP contribution in [-0.4, -0.2) is 19.2 Å².